The van der Waals surface area contributed by atoms with Gasteiger partial charge in [0, 0.05) is 24.6 Å². The van der Waals surface area contributed by atoms with Gasteiger partial charge in [0.05, 0.1) is 0 Å². The van der Waals surface area contributed by atoms with Crippen LogP contribution in [0, 0.1) is 5.92 Å². The van der Waals surface area contributed by atoms with E-state index in [2.05, 4.69) is 4.98 Å². The van der Waals surface area contributed by atoms with Gasteiger partial charge in [0.15, 0.2) is 5.78 Å². The molecule has 3 heteroatoms. The Morgan fingerprint density at radius 1 is 1.44 bits per heavy atom. The Balaban J connectivity index is 2.11. The van der Waals surface area contributed by atoms with Crippen LogP contribution in [0.3, 0.4) is 0 Å². The van der Waals surface area contributed by atoms with Gasteiger partial charge in [-0.05, 0) is 37.8 Å². The average molecular weight is 247 g/mol. The number of ketones is 1. The van der Waals surface area contributed by atoms with Gasteiger partial charge in [-0.3, -0.25) is 9.78 Å². The van der Waals surface area contributed by atoms with Gasteiger partial charge in [-0.2, -0.15) is 0 Å². The number of aromatic nitrogens is 1. The van der Waals surface area contributed by atoms with Gasteiger partial charge in [0.1, 0.15) is 6.10 Å². The number of Topliss-reactive ketones (excluding diaryl/α,β-unsaturated/α-hetero) is 1. The number of carbonyl (C=O) groups excluding carboxylic acids is 1. The van der Waals surface area contributed by atoms with Crippen molar-refractivity contribution in [1.82, 2.24) is 4.98 Å². The van der Waals surface area contributed by atoms with E-state index in [0.29, 0.717) is 18.1 Å². The second-order valence-corrected chi connectivity index (χ2v) is 4.88. The molecule has 1 aromatic heterocycles. The lowest BCUT2D eigenvalue weighted by Gasteiger charge is -2.29. The van der Waals surface area contributed by atoms with Crippen LogP contribution in [0.2, 0.25) is 0 Å². The highest BCUT2D eigenvalue weighted by atomic mass is 16.5. The van der Waals surface area contributed by atoms with Crippen LogP contribution in [0.5, 0.6) is 0 Å². The van der Waals surface area contributed by atoms with Crippen molar-refractivity contribution in [2.45, 2.75) is 45.1 Å². The van der Waals surface area contributed by atoms with Crippen LogP contribution in [0.15, 0.2) is 24.5 Å². The van der Waals surface area contributed by atoms with Crippen molar-refractivity contribution in [3.63, 3.8) is 0 Å². The highest BCUT2D eigenvalue weighted by Gasteiger charge is 2.30. The Labute approximate surface area is 109 Å². The van der Waals surface area contributed by atoms with E-state index in [4.69, 9.17) is 4.74 Å². The van der Waals surface area contributed by atoms with Crippen molar-refractivity contribution < 1.29 is 9.53 Å². The van der Waals surface area contributed by atoms with Crippen LogP contribution in [0.1, 0.15) is 49.4 Å². The molecule has 1 aromatic rings. The first-order valence-electron chi connectivity index (χ1n) is 6.88. The molecular weight excluding hydrogens is 226 g/mol. The summed E-state index contributed by atoms with van der Waals surface area (Å²) < 4.78 is 5.72. The molecule has 0 aromatic carbocycles. The molecule has 98 valence electrons. The van der Waals surface area contributed by atoms with Gasteiger partial charge in [-0.25, -0.2) is 0 Å². The van der Waals surface area contributed by atoms with Crippen molar-refractivity contribution in [1.29, 1.82) is 0 Å². The highest BCUT2D eigenvalue weighted by Crippen LogP contribution is 2.29. The molecule has 3 nitrogen and oxygen atoms in total. The molecule has 1 unspecified atom stereocenters. The predicted octanol–water partition coefficient (Wildman–Crippen LogP) is 3.25. The first-order valence-corrected chi connectivity index (χ1v) is 6.88. The van der Waals surface area contributed by atoms with Crippen LogP contribution in [-0.4, -0.2) is 23.5 Å². The lowest BCUT2D eigenvalue weighted by molar-refractivity contribution is 0.0126. The lowest BCUT2D eigenvalue weighted by atomic mass is 9.82. The normalized spacial score (nSPS) is 18.5. The quantitative estimate of drug-likeness (QED) is 0.750. The van der Waals surface area contributed by atoms with Crippen LogP contribution in [0.4, 0.5) is 0 Å². The molecule has 0 radical (unpaired) electrons. The first kappa shape index (κ1) is 13.2. The lowest BCUT2D eigenvalue weighted by Crippen LogP contribution is -2.34. The Morgan fingerprint density at radius 2 is 2.22 bits per heavy atom. The summed E-state index contributed by atoms with van der Waals surface area (Å²) in [6.45, 7) is 2.54. The zero-order chi connectivity index (χ0) is 12.8. The van der Waals surface area contributed by atoms with Gasteiger partial charge < -0.3 is 4.74 Å². The van der Waals surface area contributed by atoms with Gasteiger partial charge in [0.25, 0.3) is 0 Å². The number of pyridine rings is 1. The Morgan fingerprint density at radius 3 is 2.83 bits per heavy atom. The standard InChI is InChI=1S/C15H21NO2/c1-2-18-15(12-7-4-3-5-8-12)14(17)13-9-6-10-16-11-13/h6,9-12,15H,2-5,7-8H2,1H3. The van der Waals surface area contributed by atoms with E-state index in [0.717, 1.165) is 12.8 Å². The third kappa shape index (κ3) is 3.16. The molecule has 0 aliphatic heterocycles. The summed E-state index contributed by atoms with van der Waals surface area (Å²) in [7, 11) is 0. The molecule has 0 amide bonds. The Hall–Kier alpha value is -1.22. The van der Waals surface area contributed by atoms with Gasteiger partial charge in [-0.1, -0.05) is 19.3 Å². The van der Waals surface area contributed by atoms with E-state index in [1.807, 2.05) is 13.0 Å². The van der Waals surface area contributed by atoms with E-state index >= 15 is 0 Å². The number of hydrogen-bond acceptors (Lipinski definition) is 3. The van der Waals surface area contributed by atoms with Crippen LogP contribution in [0.25, 0.3) is 0 Å². The minimum absolute atomic E-state index is 0.0943. The smallest absolute Gasteiger partial charge is 0.193 e. The highest BCUT2D eigenvalue weighted by molar-refractivity contribution is 5.99. The third-order valence-electron chi connectivity index (χ3n) is 3.63. The van der Waals surface area contributed by atoms with Crippen molar-refractivity contribution in [3.05, 3.63) is 30.1 Å². The molecule has 1 saturated carbocycles. The summed E-state index contributed by atoms with van der Waals surface area (Å²) in [4.78, 5) is 16.5. The zero-order valence-corrected chi connectivity index (χ0v) is 11.0. The first-order chi connectivity index (χ1) is 8.83. The van der Waals surface area contributed by atoms with E-state index in [9.17, 15) is 4.79 Å². The third-order valence-corrected chi connectivity index (χ3v) is 3.63. The zero-order valence-electron chi connectivity index (χ0n) is 11.0. The topological polar surface area (TPSA) is 39.2 Å². The Kier molecular flexibility index (Phi) is 4.88. The van der Waals surface area contributed by atoms with E-state index in [1.165, 1.54) is 19.3 Å². The molecule has 0 spiro atoms. The van der Waals surface area contributed by atoms with Crippen LogP contribution < -0.4 is 0 Å². The monoisotopic (exact) mass is 247 g/mol. The van der Waals surface area contributed by atoms with Crippen molar-refractivity contribution >= 4 is 5.78 Å². The molecule has 1 heterocycles. The van der Waals surface area contributed by atoms with Crippen LogP contribution >= 0.6 is 0 Å². The molecular formula is C15H21NO2. The summed E-state index contributed by atoms with van der Waals surface area (Å²) in [5.74, 6) is 0.475. The minimum Gasteiger partial charge on any atom is -0.370 e. The summed E-state index contributed by atoms with van der Waals surface area (Å²) in [5.41, 5.74) is 0.668. The molecule has 1 fully saturated rings. The molecule has 1 aliphatic rings. The summed E-state index contributed by atoms with van der Waals surface area (Å²) in [5, 5.41) is 0. The second kappa shape index (κ2) is 6.64. The van der Waals surface area contributed by atoms with Gasteiger partial charge in [-0.15, -0.1) is 0 Å². The molecule has 1 aliphatic carbocycles. The fourth-order valence-corrected chi connectivity index (χ4v) is 2.72. The molecule has 1 atom stereocenters. The molecule has 0 saturated heterocycles. The van der Waals surface area contributed by atoms with E-state index in [1.54, 1.807) is 18.5 Å². The largest absolute Gasteiger partial charge is 0.370 e. The molecule has 0 bridgehead atoms. The van der Waals surface area contributed by atoms with Crippen LogP contribution in [-0.2, 0) is 4.74 Å². The summed E-state index contributed by atoms with van der Waals surface area (Å²) >= 11 is 0. The van der Waals surface area contributed by atoms with Gasteiger partial charge >= 0.3 is 0 Å². The van der Waals surface area contributed by atoms with Gasteiger partial charge in [0.2, 0.25) is 0 Å². The number of hydrogen-bond donors (Lipinski definition) is 0. The number of nitrogens with zero attached hydrogens (tertiary/aromatic N) is 1. The molecule has 0 N–H and O–H groups in total. The summed E-state index contributed by atoms with van der Waals surface area (Å²) in [6.07, 6.45) is 8.98. The van der Waals surface area contributed by atoms with Crippen molar-refractivity contribution in [2.24, 2.45) is 5.92 Å². The second-order valence-electron chi connectivity index (χ2n) is 4.88. The van der Waals surface area contributed by atoms with E-state index in [-0.39, 0.29) is 11.9 Å². The fraction of sp³-hybridized carbons (Fsp3) is 0.600. The molecule has 18 heavy (non-hydrogen) atoms. The number of carbonyl (C=O) groups is 1. The average Bonchev–Trinajstić information content (AvgIpc) is 2.46. The fourth-order valence-electron chi connectivity index (χ4n) is 2.72. The number of rotatable bonds is 5. The maximum atomic E-state index is 12.5. The van der Waals surface area contributed by atoms with Crippen molar-refractivity contribution in [3.8, 4) is 0 Å². The maximum absolute atomic E-state index is 12.5. The minimum atomic E-state index is -0.278. The predicted molar refractivity (Wildman–Crippen MR) is 70.6 cm³/mol. The number of ether oxygens (including phenoxy) is 1. The van der Waals surface area contributed by atoms with Crippen molar-refractivity contribution in [2.75, 3.05) is 6.61 Å². The molecule has 2 rings (SSSR count). The Bertz CT molecular complexity index is 371. The summed E-state index contributed by atoms with van der Waals surface area (Å²) in [6, 6.07) is 3.63. The SMILES string of the molecule is CCOC(C(=O)c1cccnc1)C1CCCCC1. The maximum Gasteiger partial charge on any atom is 0.193 e. The van der Waals surface area contributed by atoms with E-state index < -0.39 is 0 Å².